The third-order valence-corrected chi connectivity index (χ3v) is 4.16. The van der Waals surface area contributed by atoms with Crippen molar-refractivity contribution in [2.24, 2.45) is 0 Å². The van der Waals surface area contributed by atoms with Gasteiger partial charge in [-0.2, -0.15) is 0 Å². The van der Waals surface area contributed by atoms with Gasteiger partial charge in [0.2, 0.25) is 11.8 Å². The van der Waals surface area contributed by atoms with E-state index in [0.717, 1.165) is 31.2 Å². The molecule has 0 radical (unpaired) electrons. The van der Waals surface area contributed by atoms with E-state index < -0.39 is 0 Å². The van der Waals surface area contributed by atoms with Crippen LogP contribution in [0.4, 0.5) is 0 Å². The third-order valence-electron chi connectivity index (χ3n) is 4.16. The van der Waals surface area contributed by atoms with E-state index in [9.17, 15) is 9.59 Å². The SMILES string of the molecule is CC(=O)N(CC(=O)N(C)Cc1ccccc1)C1CCCC1. The molecule has 0 bridgehead atoms. The second-order valence-corrected chi connectivity index (χ2v) is 5.82. The fourth-order valence-electron chi connectivity index (χ4n) is 2.93. The van der Waals surface area contributed by atoms with Crippen molar-refractivity contribution in [3.63, 3.8) is 0 Å². The second kappa shape index (κ2) is 7.25. The van der Waals surface area contributed by atoms with E-state index in [1.807, 2.05) is 30.3 Å². The average Bonchev–Trinajstić information content (AvgIpc) is 2.99. The number of amides is 2. The van der Waals surface area contributed by atoms with E-state index in [1.54, 1.807) is 23.8 Å². The lowest BCUT2D eigenvalue weighted by molar-refractivity contribution is -0.140. The summed E-state index contributed by atoms with van der Waals surface area (Å²) in [4.78, 5) is 27.6. The molecule has 0 saturated heterocycles. The number of carbonyl (C=O) groups excluding carboxylic acids is 2. The molecule has 4 nitrogen and oxygen atoms in total. The van der Waals surface area contributed by atoms with Crippen molar-refractivity contribution in [1.29, 1.82) is 0 Å². The van der Waals surface area contributed by atoms with Gasteiger partial charge in [-0.3, -0.25) is 9.59 Å². The summed E-state index contributed by atoms with van der Waals surface area (Å²) in [6.45, 7) is 2.34. The first kappa shape index (κ1) is 15.5. The van der Waals surface area contributed by atoms with Gasteiger partial charge in [0.25, 0.3) is 0 Å². The molecule has 21 heavy (non-hydrogen) atoms. The van der Waals surface area contributed by atoms with Crippen molar-refractivity contribution in [2.45, 2.75) is 45.2 Å². The van der Waals surface area contributed by atoms with Gasteiger partial charge in [-0.15, -0.1) is 0 Å². The van der Waals surface area contributed by atoms with Crippen LogP contribution in [0.15, 0.2) is 30.3 Å². The minimum absolute atomic E-state index is 0.000882. The molecule has 0 atom stereocenters. The second-order valence-electron chi connectivity index (χ2n) is 5.82. The number of rotatable bonds is 5. The maximum absolute atomic E-state index is 12.4. The van der Waals surface area contributed by atoms with Crippen molar-refractivity contribution in [3.05, 3.63) is 35.9 Å². The van der Waals surface area contributed by atoms with Crippen molar-refractivity contribution < 1.29 is 9.59 Å². The van der Waals surface area contributed by atoms with Gasteiger partial charge in [-0.1, -0.05) is 43.2 Å². The lowest BCUT2D eigenvalue weighted by atomic mass is 10.2. The Hall–Kier alpha value is -1.84. The summed E-state index contributed by atoms with van der Waals surface area (Å²) in [5, 5.41) is 0. The Kier molecular flexibility index (Phi) is 5.37. The zero-order chi connectivity index (χ0) is 15.2. The molecule has 1 aliphatic carbocycles. The average molecular weight is 288 g/mol. The molecule has 0 aromatic heterocycles. The molecular formula is C17H24N2O2. The van der Waals surface area contributed by atoms with Crippen LogP contribution in [0.5, 0.6) is 0 Å². The number of nitrogens with zero attached hydrogens (tertiary/aromatic N) is 2. The fourth-order valence-corrected chi connectivity index (χ4v) is 2.93. The van der Waals surface area contributed by atoms with Crippen LogP contribution < -0.4 is 0 Å². The molecule has 0 N–H and O–H groups in total. The van der Waals surface area contributed by atoms with Crippen molar-refractivity contribution in [3.8, 4) is 0 Å². The van der Waals surface area contributed by atoms with Gasteiger partial charge in [0.15, 0.2) is 0 Å². The van der Waals surface area contributed by atoms with Gasteiger partial charge >= 0.3 is 0 Å². The first-order chi connectivity index (χ1) is 10.1. The molecule has 114 valence electrons. The number of benzene rings is 1. The first-order valence-electron chi connectivity index (χ1n) is 7.63. The van der Waals surface area contributed by atoms with Crippen LogP contribution in [0, 0.1) is 0 Å². The fraction of sp³-hybridized carbons (Fsp3) is 0.529. The van der Waals surface area contributed by atoms with Gasteiger partial charge in [0.1, 0.15) is 0 Å². The standard InChI is InChI=1S/C17H24N2O2/c1-14(20)19(16-10-6-7-11-16)13-17(21)18(2)12-15-8-4-3-5-9-15/h3-5,8-9,16H,6-7,10-13H2,1-2H3. The summed E-state index contributed by atoms with van der Waals surface area (Å²) in [5.74, 6) is 0.00399. The Bertz CT molecular complexity index is 481. The van der Waals surface area contributed by atoms with Gasteiger partial charge in [-0.25, -0.2) is 0 Å². The van der Waals surface area contributed by atoms with Crippen LogP contribution in [0.2, 0.25) is 0 Å². The maximum Gasteiger partial charge on any atom is 0.242 e. The number of hydrogen-bond acceptors (Lipinski definition) is 2. The molecule has 1 aliphatic rings. The van der Waals surface area contributed by atoms with Crippen LogP contribution in [0.25, 0.3) is 0 Å². The van der Waals surface area contributed by atoms with E-state index >= 15 is 0 Å². The Morgan fingerprint density at radius 2 is 1.76 bits per heavy atom. The minimum atomic E-state index is 0.000882. The first-order valence-corrected chi connectivity index (χ1v) is 7.63. The summed E-state index contributed by atoms with van der Waals surface area (Å²) >= 11 is 0. The topological polar surface area (TPSA) is 40.6 Å². The predicted octanol–water partition coefficient (Wildman–Crippen LogP) is 2.44. The van der Waals surface area contributed by atoms with Crippen molar-refractivity contribution >= 4 is 11.8 Å². The summed E-state index contributed by atoms with van der Waals surface area (Å²) in [6.07, 6.45) is 4.36. The zero-order valence-corrected chi connectivity index (χ0v) is 12.9. The lowest BCUT2D eigenvalue weighted by Gasteiger charge is -2.29. The summed E-state index contributed by atoms with van der Waals surface area (Å²) < 4.78 is 0. The molecule has 2 amide bonds. The highest BCUT2D eigenvalue weighted by Crippen LogP contribution is 2.23. The normalized spacial score (nSPS) is 15.0. The summed E-state index contributed by atoms with van der Waals surface area (Å²) in [6, 6.07) is 10.1. The molecule has 1 fully saturated rings. The quantitative estimate of drug-likeness (QED) is 0.835. The number of hydrogen-bond donors (Lipinski definition) is 0. The van der Waals surface area contributed by atoms with Gasteiger partial charge in [-0.05, 0) is 18.4 Å². The van der Waals surface area contributed by atoms with Crippen LogP contribution in [0.1, 0.15) is 38.2 Å². The highest BCUT2D eigenvalue weighted by atomic mass is 16.2. The minimum Gasteiger partial charge on any atom is -0.340 e. The van der Waals surface area contributed by atoms with Gasteiger partial charge < -0.3 is 9.80 Å². The Labute approximate surface area is 126 Å². The highest BCUT2D eigenvalue weighted by Gasteiger charge is 2.27. The van der Waals surface area contributed by atoms with Crippen LogP contribution in [-0.2, 0) is 16.1 Å². The molecule has 4 heteroatoms. The molecule has 2 rings (SSSR count). The molecule has 0 heterocycles. The number of carbonyl (C=O) groups is 2. The van der Waals surface area contributed by atoms with E-state index in [0.29, 0.717) is 6.54 Å². The third kappa shape index (κ3) is 4.31. The Morgan fingerprint density at radius 3 is 2.33 bits per heavy atom. The molecule has 0 aliphatic heterocycles. The summed E-state index contributed by atoms with van der Waals surface area (Å²) in [5.41, 5.74) is 1.10. The van der Waals surface area contributed by atoms with Gasteiger partial charge in [0, 0.05) is 26.6 Å². The predicted molar refractivity (Wildman–Crippen MR) is 82.6 cm³/mol. The Balaban J connectivity index is 1.93. The monoisotopic (exact) mass is 288 g/mol. The van der Waals surface area contributed by atoms with Crippen molar-refractivity contribution in [2.75, 3.05) is 13.6 Å². The van der Waals surface area contributed by atoms with E-state index in [1.165, 1.54) is 0 Å². The molecule has 1 aromatic rings. The zero-order valence-electron chi connectivity index (χ0n) is 12.9. The van der Waals surface area contributed by atoms with E-state index in [-0.39, 0.29) is 24.4 Å². The van der Waals surface area contributed by atoms with Gasteiger partial charge in [0.05, 0.1) is 6.54 Å². The van der Waals surface area contributed by atoms with Crippen molar-refractivity contribution in [1.82, 2.24) is 9.80 Å². The largest absolute Gasteiger partial charge is 0.340 e. The van der Waals surface area contributed by atoms with E-state index in [4.69, 9.17) is 0 Å². The smallest absolute Gasteiger partial charge is 0.242 e. The number of likely N-dealkylation sites (N-methyl/N-ethyl adjacent to an activating group) is 1. The van der Waals surface area contributed by atoms with Crippen LogP contribution in [0.3, 0.4) is 0 Å². The molecular weight excluding hydrogens is 264 g/mol. The molecule has 1 saturated carbocycles. The summed E-state index contributed by atoms with van der Waals surface area (Å²) in [7, 11) is 1.79. The lowest BCUT2D eigenvalue weighted by Crippen LogP contribution is -2.44. The molecule has 0 spiro atoms. The van der Waals surface area contributed by atoms with Crippen LogP contribution in [-0.4, -0.2) is 41.2 Å². The molecule has 0 unspecified atom stereocenters. The Morgan fingerprint density at radius 1 is 1.14 bits per heavy atom. The highest BCUT2D eigenvalue weighted by molar-refractivity contribution is 5.84. The van der Waals surface area contributed by atoms with E-state index in [2.05, 4.69) is 0 Å². The van der Waals surface area contributed by atoms with Crippen LogP contribution >= 0.6 is 0 Å². The molecule has 1 aromatic carbocycles. The maximum atomic E-state index is 12.4.